The Morgan fingerprint density at radius 1 is 0.903 bits per heavy atom. The molecule has 156 valence electrons. The summed E-state index contributed by atoms with van der Waals surface area (Å²) in [7, 11) is 0. The van der Waals surface area contributed by atoms with Crippen LogP contribution in [0.1, 0.15) is 11.1 Å². The molecule has 4 aromatic rings. The van der Waals surface area contributed by atoms with Crippen LogP contribution in [0.5, 0.6) is 0 Å². The molecule has 3 aromatic carbocycles. The number of imidazole rings is 1. The van der Waals surface area contributed by atoms with Crippen molar-refractivity contribution < 1.29 is 13.9 Å². The number of aromatic amines is 1. The number of nitrogens with zero attached hydrogens (tertiary/aromatic N) is 1. The van der Waals surface area contributed by atoms with E-state index in [4.69, 9.17) is 4.74 Å². The summed E-state index contributed by atoms with van der Waals surface area (Å²) in [5, 5.41) is 2.86. The number of H-pyrrole nitrogens is 1. The molecular formula is C25H22FN3O2. The molecule has 0 aliphatic carbocycles. The Morgan fingerprint density at radius 3 is 2.35 bits per heavy atom. The fourth-order valence-electron chi connectivity index (χ4n) is 3.11. The molecule has 0 saturated carbocycles. The zero-order valence-corrected chi connectivity index (χ0v) is 16.8. The van der Waals surface area contributed by atoms with E-state index in [1.807, 2.05) is 54.6 Å². The van der Waals surface area contributed by atoms with Crippen LogP contribution < -0.4 is 5.32 Å². The van der Waals surface area contributed by atoms with E-state index in [-0.39, 0.29) is 18.3 Å². The second-order valence-corrected chi connectivity index (χ2v) is 7.10. The molecule has 0 fully saturated rings. The minimum atomic E-state index is -0.270. The second-order valence-electron chi connectivity index (χ2n) is 7.10. The number of carbonyl (C=O) groups excluding carboxylic acids is 1. The third-order valence-electron chi connectivity index (χ3n) is 4.79. The molecule has 31 heavy (non-hydrogen) atoms. The van der Waals surface area contributed by atoms with Gasteiger partial charge in [-0.2, -0.15) is 0 Å². The molecule has 1 heterocycles. The molecule has 0 atom stereocenters. The highest BCUT2D eigenvalue weighted by Gasteiger charge is 2.07. The molecule has 0 saturated heterocycles. The Balaban J connectivity index is 1.27. The number of amides is 1. The van der Waals surface area contributed by atoms with E-state index < -0.39 is 0 Å². The van der Waals surface area contributed by atoms with Gasteiger partial charge in [-0.15, -0.1) is 0 Å². The molecule has 4 rings (SSSR count). The van der Waals surface area contributed by atoms with Crippen LogP contribution in [-0.2, 0) is 22.7 Å². The summed E-state index contributed by atoms with van der Waals surface area (Å²) in [6, 6.07) is 23.8. The Morgan fingerprint density at radius 2 is 1.61 bits per heavy atom. The number of carbonyl (C=O) groups is 1. The predicted octanol–water partition coefficient (Wildman–Crippen LogP) is 4.72. The number of halogens is 1. The maximum absolute atomic E-state index is 13.1. The van der Waals surface area contributed by atoms with E-state index >= 15 is 0 Å². The molecule has 0 unspecified atom stereocenters. The number of aromatic nitrogens is 2. The van der Waals surface area contributed by atoms with Gasteiger partial charge in [0.05, 0.1) is 18.5 Å². The molecule has 2 N–H and O–H groups in total. The van der Waals surface area contributed by atoms with Gasteiger partial charge in [0.2, 0.25) is 5.91 Å². The molecule has 5 nitrogen and oxygen atoms in total. The standard InChI is InChI=1S/C25H22FN3O2/c26-22-12-10-20(11-13-22)23-15-28-25(29-23)21-8-6-18(7-9-21)14-27-24(30)17-31-16-19-4-2-1-3-5-19/h1-13,15H,14,16-17H2,(H,27,30)(H,28,29). The van der Waals surface area contributed by atoms with Crippen molar-refractivity contribution in [1.29, 1.82) is 0 Å². The zero-order valence-electron chi connectivity index (χ0n) is 16.8. The number of ether oxygens (including phenoxy) is 1. The summed E-state index contributed by atoms with van der Waals surface area (Å²) < 4.78 is 18.5. The monoisotopic (exact) mass is 415 g/mol. The summed E-state index contributed by atoms with van der Waals surface area (Å²) in [4.78, 5) is 19.6. The van der Waals surface area contributed by atoms with Crippen molar-refractivity contribution >= 4 is 5.91 Å². The SMILES string of the molecule is O=C(COCc1ccccc1)NCc1ccc(-c2ncc(-c3ccc(F)cc3)[nH]2)cc1. The van der Waals surface area contributed by atoms with Gasteiger partial charge in [-0.25, -0.2) is 9.37 Å². The topological polar surface area (TPSA) is 67.0 Å². The van der Waals surface area contributed by atoms with Crippen LogP contribution in [0.2, 0.25) is 0 Å². The third kappa shape index (κ3) is 5.65. The largest absolute Gasteiger partial charge is 0.367 e. The number of hydrogen-bond donors (Lipinski definition) is 2. The van der Waals surface area contributed by atoms with Gasteiger partial charge in [0, 0.05) is 12.1 Å². The lowest BCUT2D eigenvalue weighted by atomic mass is 10.1. The van der Waals surface area contributed by atoms with Crippen LogP contribution in [0.3, 0.4) is 0 Å². The smallest absolute Gasteiger partial charge is 0.246 e. The average molecular weight is 415 g/mol. The van der Waals surface area contributed by atoms with Gasteiger partial charge < -0.3 is 15.0 Å². The van der Waals surface area contributed by atoms with Gasteiger partial charge in [0.25, 0.3) is 0 Å². The summed E-state index contributed by atoms with van der Waals surface area (Å²) >= 11 is 0. The van der Waals surface area contributed by atoms with Crippen LogP contribution in [-0.4, -0.2) is 22.5 Å². The molecule has 0 radical (unpaired) electrons. The van der Waals surface area contributed by atoms with Crippen molar-refractivity contribution in [2.24, 2.45) is 0 Å². The first-order chi connectivity index (χ1) is 15.2. The number of benzene rings is 3. The van der Waals surface area contributed by atoms with E-state index in [1.54, 1.807) is 18.3 Å². The third-order valence-corrected chi connectivity index (χ3v) is 4.79. The van der Waals surface area contributed by atoms with Gasteiger partial charge in [-0.3, -0.25) is 4.79 Å². The van der Waals surface area contributed by atoms with E-state index in [0.717, 1.165) is 33.8 Å². The summed E-state index contributed by atoms with van der Waals surface area (Å²) in [6.07, 6.45) is 1.73. The molecule has 0 aliphatic rings. The van der Waals surface area contributed by atoms with E-state index in [0.29, 0.717) is 13.2 Å². The normalized spacial score (nSPS) is 10.7. The maximum atomic E-state index is 13.1. The molecule has 0 spiro atoms. The maximum Gasteiger partial charge on any atom is 0.246 e. The highest BCUT2D eigenvalue weighted by atomic mass is 19.1. The highest BCUT2D eigenvalue weighted by molar-refractivity contribution is 5.77. The predicted molar refractivity (Wildman–Crippen MR) is 117 cm³/mol. The molecule has 0 bridgehead atoms. The Bertz CT molecular complexity index is 1120. The minimum absolute atomic E-state index is 0.0194. The van der Waals surface area contributed by atoms with Crippen LogP contribution in [0.4, 0.5) is 4.39 Å². The average Bonchev–Trinajstić information content (AvgIpc) is 3.29. The lowest BCUT2D eigenvalue weighted by molar-refractivity contribution is -0.126. The van der Waals surface area contributed by atoms with Crippen LogP contribution in [0.15, 0.2) is 85.1 Å². The number of rotatable bonds is 8. The molecule has 1 amide bonds. The first-order valence-electron chi connectivity index (χ1n) is 9.96. The lowest BCUT2D eigenvalue weighted by Gasteiger charge is -2.07. The van der Waals surface area contributed by atoms with Crippen molar-refractivity contribution in [3.05, 3.63) is 102 Å². The van der Waals surface area contributed by atoms with Gasteiger partial charge in [0.1, 0.15) is 18.2 Å². The second kappa shape index (κ2) is 9.82. The van der Waals surface area contributed by atoms with E-state index in [9.17, 15) is 9.18 Å². The molecule has 6 heteroatoms. The zero-order chi connectivity index (χ0) is 21.5. The van der Waals surface area contributed by atoms with Crippen LogP contribution in [0, 0.1) is 5.82 Å². The van der Waals surface area contributed by atoms with Gasteiger partial charge in [-0.1, -0.05) is 54.6 Å². The summed E-state index contributed by atoms with van der Waals surface area (Å²) in [5.41, 5.74) is 4.63. The summed E-state index contributed by atoms with van der Waals surface area (Å²) in [5.74, 6) is 0.299. The van der Waals surface area contributed by atoms with Gasteiger partial charge >= 0.3 is 0 Å². The Kier molecular flexibility index (Phi) is 6.50. The first-order valence-corrected chi connectivity index (χ1v) is 9.96. The van der Waals surface area contributed by atoms with Crippen molar-refractivity contribution in [2.75, 3.05) is 6.61 Å². The number of nitrogens with one attached hydrogen (secondary N) is 2. The first kappa shape index (κ1) is 20.5. The van der Waals surface area contributed by atoms with Crippen molar-refractivity contribution in [3.63, 3.8) is 0 Å². The number of hydrogen-bond acceptors (Lipinski definition) is 3. The van der Waals surface area contributed by atoms with Gasteiger partial charge in [0.15, 0.2) is 0 Å². The van der Waals surface area contributed by atoms with Crippen LogP contribution in [0.25, 0.3) is 22.6 Å². The Labute approximate surface area is 179 Å². The van der Waals surface area contributed by atoms with E-state index in [2.05, 4.69) is 15.3 Å². The minimum Gasteiger partial charge on any atom is -0.367 e. The molecule has 1 aromatic heterocycles. The Hall–Kier alpha value is -3.77. The summed E-state index contributed by atoms with van der Waals surface area (Å²) in [6.45, 7) is 0.852. The fourth-order valence-corrected chi connectivity index (χ4v) is 3.11. The van der Waals surface area contributed by atoms with Crippen molar-refractivity contribution in [2.45, 2.75) is 13.2 Å². The quantitative estimate of drug-likeness (QED) is 0.438. The van der Waals surface area contributed by atoms with Gasteiger partial charge in [-0.05, 0) is 41.0 Å². The molecule has 0 aliphatic heterocycles. The highest BCUT2D eigenvalue weighted by Crippen LogP contribution is 2.22. The lowest BCUT2D eigenvalue weighted by Crippen LogP contribution is -2.27. The van der Waals surface area contributed by atoms with Crippen molar-refractivity contribution in [1.82, 2.24) is 15.3 Å². The van der Waals surface area contributed by atoms with Crippen LogP contribution >= 0.6 is 0 Å². The van der Waals surface area contributed by atoms with E-state index in [1.165, 1.54) is 12.1 Å². The fraction of sp³-hybridized carbons (Fsp3) is 0.120. The van der Waals surface area contributed by atoms with Crippen molar-refractivity contribution in [3.8, 4) is 22.6 Å². The molecular weight excluding hydrogens is 393 g/mol.